The first-order valence-electron chi connectivity index (χ1n) is 6.58. The Bertz CT molecular complexity index is 510. The van der Waals surface area contributed by atoms with Crippen LogP contribution in [0, 0.1) is 11.8 Å². The Morgan fingerprint density at radius 2 is 2.15 bits per heavy atom. The van der Waals surface area contributed by atoms with Crippen molar-refractivity contribution in [1.29, 1.82) is 0 Å². The number of hydrogen-bond acceptors (Lipinski definition) is 3. The summed E-state index contributed by atoms with van der Waals surface area (Å²) in [5.41, 5.74) is 0.903. The lowest BCUT2D eigenvalue weighted by Gasteiger charge is -2.25. The Kier molecular flexibility index (Phi) is 6.23. The van der Waals surface area contributed by atoms with Crippen LogP contribution in [0.25, 0.3) is 0 Å². The number of carbonyl (C=O) groups is 1. The van der Waals surface area contributed by atoms with Crippen molar-refractivity contribution < 1.29 is 14.6 Å². The SMILES string of the molecule is CCC(C)(OC)C(=O)NCc1ccccc1C#CCO. The van der Waals surface area contributed by atoms with Gasteiger partial charge < -0.3 is 15.2 Å². The second kappa shape index (κ2) is 7.68. The van der Waals surface area contributed by atoms with Crippen LogP contribution in [0.3, 0.4) is 0 Å². The molecule has 0 heterocycles. The zero-order valence-corrected chi connectivity index (χ0v) is 12.2. The summed E-state index contributed by atoms with van der Waals surface area (Å²) in [4.78, 5) is 12.1. The third-order valence-electron chi connectivity index (χ3n) is 3.36. The molecular weight excluding hydrogens is 254 g/mol. The number of hydrogen-bond donors (Lipinski definition) is 2. The van der Waals surface area contributed by atoms with Gasteiger partial charge in [0.1, 0.15) is 12.2 Å². The number of amides is 1. The summed E-state index contributed by atoms with van der Waals surface area (Å²) in [6, 6.07) is 7.52. The molecular formula is C16H21NO3. The van der Waals surface area contributed by atoms with Crippen LogP contribution in [0.4, 0.5) is 0 Å². The molecule has 4 heteroatoms. The second-order valence-corrected chi connectivity index (χ2v) is 4.59. The zero-order valence-electron chi connectivity index (χ0n) is 12.2. The van der Waals surface area contributed by atoms with Crippen LogP contribution >= 0.6 is 0 Å². The highest BCUT2D eigenvalue weighted by Gasteiger charge is 2.30. The number of aliphatic hydroxyl groups excluding tert-OH is 1. The predicted octanol–water partition coefficient (Wildman–Crippen LogP) is 1.46. The summed E-state index contributed by atoms with van der Waals surface area (Å²) in [5.74, 6) is 5.34. The highest BCUT2D eigenvalue weighted by Crippen LogP contribution is 2.14. The summed E-state index contributed by atoms with van der Waals surface area (Å²) in [5, 5.41) is 11.6. The van der Waals surface area contributed by atoms with Gasteiger partial charge in [-0.2, -0.15) is 0 Å². The molecule has 4 nitrogen and oxygen atoms in total. The summed E-state index contributed by atoms with van der Waals surface area (Å²) in [6.07, 6.45) is 0.599. The third kappa shape index (κ3) is 4.09. The van der Waals surface area contributed by atoms with Gasteiger partial charge in [0, 0.05) is 19.2 Å². The fraction of sp³-hybridized carbons (Fsp3) is 0.438. The molecule has 0 aliphatic carbocycles. The monoisotopic (exact) mass is 275 g/mol. The summed E-state index contributed by atoms with van der Waals surface area (Å²) in [7, 11) is 1.53. The molecule has 20 heavy (non-hydrogen) atoms. The van der Waals surface area contributed by atoms with Crippen LogP contribution in [-0.2, 0) is 16.1 Å². The number of carbonyl (C=O) groups excluding carboxylic acids is 1. The Hall–Kier alpha value is -1.83. The van der Waals surface area contributed by atoms with Crippen LogP contribution in [-0.4, -0.2) is 30.3 Å². The lowest BCUT2D eigenvalue weighted by Crippen LogP contribution is -2.45. The lowest BCUT2D eigenvalue weighted by atomic mass is 10.0. The molecule has 0 spiro atoms. The van der Waals surface area contributed by atoms with E-state index in [4.69, 9.17) is 9.84 Å². The molecule has 0 aliphatic heterocycles. The molecule has 1 rings (SSSR count). The molecule has 2 N–H and O–H groups in total. The van der Waals surface area contributed by atoms with Crippen molar-refractivity contribution in [2.24, 2.45) is 0 Å². The molecule has 1 atom stereocenters. The predicted molar refractivity (Wildman–Crippen MR) is 78.0 cm³/mol. The van der Waals surface area contributed by atoms with E-state index in [2.05, 4.69) is 17.2 Å². The van der Waals surface area contributed by atoms with E-state index in [-0.39, 0.29) is 12.5 Å². The molecule has 0 saturated heterocycles. The van der Waals surface area contributed by atoms with Crippen LogP contribution in [0.5, 0.6) is 0 Å². The van der Waals surface area contributed by atoms with E-state index >= 15 is 0 Å². The van der Waals surface area contributed by atoms with E-state index in [0.717, 1.165) is 11.1 Å². The lowest BCUT2D eigenvalue weighted by molar-refractivity contribution is -0.142. The maximum Gasteiger partial charge on any atom is 0.252 e. The van der Waals surface area contributed by atoms with Crippen LogP contribution in [0.2, 0.25) is 0 Å². The van der Waals surface area contributed by atoms with Crippen molar-refractivity contribution in [2.45, 2.75) is 32.4 Å². The number of benzene rings is 1. The maximum absolute atomic E-state index is 12.1. The molecule has 0 bridgehead atoms. The van der Waals surface area contributed by atoms with Crippen molar-refractivity contribution >= 4 is 5.91 Å². The molecule has 0 saturated carbocycles. The fourth-order valence-electron chi connectivity index (χ4n) is 1.69. The van der Waals surface area contributed by atoms with Gasteiger partial charge in [0.2, 0.25) is 0 Å². The van der Waals surface area contributed by atoms with Crippen molar-refractivity contribution in [2.75, 3.05) is 13.7 Å². The van der Waals surface area contributed by atoms with E-state index < -0.39 is 5.60 Å². The molecule has 108 valence electrons. The van der Waals surface area contributed by atoms with Crippen molar-refractivity contribution in [3.05, 3.63) is 35.4 Å². The number of methoxy groups -OCH3 is 1. The number of ether oxygens (including phenoxy) is 1. The average Bonchev–Trinajstić information content (AvgIpc) is 2.50. The Morgan fingerprint density at radius 3 is 2.75 bits per heavy atom. The highest BCUT2D eigenvalue weighted by atomic mass is 16.5. The Balaban J connectivity index is 2.78. The topological polar surface area (TPSA) is 58.6 Å². The molecule has 1 amide bonds. The van der Waals surface area contributed by atoms with Crippen molar-refractivity contribution in [1.82, 2.24) is 5.32 Å². The Labute approximate surface area is 120 Å². The Morgan fingerprint density at radius 1 is 1.45 bits per heavy atom. The van der Waals surface area contributed by atoms with Gasteiger partial charge in [0.25, 0.3) is 5.91 Å². The molecule has 1 aromatic carbocycles. The first kappa shape index (κ1) is 16.2. The molecule has 1 unspecified atom stereocenters. The van der Waals surface area contributed by atoms with E-state index in [1.807, 2.05) is 31.2 Å². The smallest absolute Gasteiger partial charge is 0.252 e. The second-order valence-electron chi connectivity index (χ2n) is 4.59. The van der Waals surface area contributed by atoms with Crippen molar-refractivity contribution in [3.63, 3.8) is 0 Å². The van der Waals surface area contributed by atoms with Gasteiger partial charge in [0.05, 0.1) is 0 Å². The first-order chi connectivity index (χ1) is 9.57. The van der Waals surface area contributed by atoms with E-state index in [0.29, 0.717) is 13.0 Å². The molecule has 0 radical (unpaired) electrons. The van der Waals surface area contributed by atoms with Crippen molar-refractivity contribution in [3.8, 4) is 11.8 Å². The summed E-state index contributed by atoms with van der Waals surface area (Å²) >= 11 is 0. The number of aliphatic hydroxyl groups is 1. The van der Waals surface area contributed by atoms with Crippen LogP contribution in [0.1, 0.15) is 31.4 Å². The van der Waals surface area contributed by atoms with Gasteiger partial charge in [-0.25, -0.2) is 0 Å². The molecule has 0 aromatic heterocycles. The summed E-state index contributed by atoms with van der Waals surface area (Å²) < 4.78 is 5.26. The molecule has 0 fully saturated rings. The standard InChI is InChI=1S/C16H21NO3/c1-4-16(2,20-3)15(19)17-12-14-9-6-5-8-13(14)10-7-11-18/h5-6,8-9,18H,4,11-12H2,1-3H3,(H,17,19). The minimum atomic E-state index is -0.814. The maximum atomic E-state index is 12.1. The number of rotatable bonds is 5. The number of nitrogens with one attached hydrogen (secondary N) is 1. The average molecular weight is 275 g/mol. The van der Waals surface area contributed by atoms with Gasteiger partial charge in [-0.3, -0.25) is 4.79 Å². The van der Waals surface area contributed by atoms with E-state index in [1.54, 1.807) is 6.92 Å². The normalized spacial score (nSPS) is 13.0. The van der Waals surface area contributed by atoms with Crippen LogP contribution < -0.4 is 5.32 Å². The molecule has 0 aliphatic rings. The van der Waals surface area contributed by atoms with E-state index in [1.165, 1.54) is 7.11 Å². The van der Waals surface area contributed by atoms with Gasteiger partial charge in [0.15, 0.2) is 0 Å². The zero-order chi connectivity index (χ0) is 15.0. The third-order valence-corrected chi connectivity index (χ3v) is 3.36. The van der Waals surface area contributed by atoms with E-state index in [9.17, 15) is 4.79 Å². The largest absolute Gasteiger partial charge is 0.384 e. The summed E-state index contributed by atoms with van der Waals surface area (Å²) in [6.45, 7) is 3.87. The van der Waals surface area contributed by atoms with Gasteiger partial charge in [-0.05, 0) is 25.0 Å². The van der Waals surface area contributed by atoms with Gasteiger partial charge in [-0.1, -0.05) is 37.0 Å². The fourth-order valence-corrected chi connectivity index (χ4v) is 1.69. The quantitative estimate of drug-likeness (QED) is 0.800. The molecule has 1 aromatic rings. The van der Waals surface area contributed by atoms with Gasteiger partial charge >= 0.3 is 0 Å². The minimum Gasteiger partial charge on any atom is -0.384 e. The van der Waals surface area contributed by atoms with Crippen LogP contribution in [0.15, 0.2) is 24.3 Å². The minimum absolute atomic E-state index is 0.146. The highest BCUT2D eigenvalue weighted by molar-refractivity contribution is 5.84. The first-order valence-corrected chi connectivity index (χ1v) is 6.58. The van der Waals surface area contributed by atoms with Gasteiger partial charge in [-0.15, -0.1) is 0 Å².